The molecule has 2 aromatic rings. The molecule has 0 heterocycles. The maximum atomic E-state index is 12.8. The summed E-state index contributed by atoms with van der Waals surface area (Å²) < 4.78 is 34.6. The summed E-state index contributed by atoms with van der Waals surface area (Å²) >= 11 is 0. The summed E-state index contributed by atoms with van der Waals surface area (Å²) in [5.41, 5.74) is -2.03. The van der Waals surface area contributed by atoms with E-state index in [1.54, 1.807) is 27.7 Å². The molecule has 8 heteroatoms. The van der Waals surface area contributed by atoms with Gasteiger partial charge in [-0.2, -0.15) is 8.42 Å². The van der Waals surface area contributed by atoms with Gasteiger partial charge in [-0.15, -0.1) is 0 Å². The van der Waals surface area contributed by atoms with Gasteiger partial charge in [0.25, 0.3) is 10.1 Å². The first kappa shape index (κ1) is 27.5. The zero-order valence-electron chi connectivity index (χ0n) is 20.1. The predicted molar refractivity (Wildman–Crippen MR) is 130 cm³/mol. The number of carboxylic acid groups (broad SMARTS) is 2. The van der Waals surface area contributed by atoms with Crippen LogP contribution in [0, 0.1) is 16.2 Å². The fourth-order valence-electron chi connectivity index (χ4n) is 5.29. The summed E-state index contributed by atoms with van der Waals surface area (Å²) in [5, 5.41) is 17.8. The Labute approximate surface area is 201 Å². The maximum absolute atomic E-state index is 12.8. The molecule has 0 fully saturated rings. The highest BCUT2D eigenvalue weighted by Gasteiger charge is 2.59. The number of carbonyl (C=O) groups is 2. The minimum atomic E-state index is -5.24. The van der Waals surface area contributed by atoms with Gasteiger partial charge in [-0.1, -0.05) is 88.4 Å². The summed E-state index contributed by atoms with van der Waals surface area (Å²) in [4.78, 5) is 25.0. The molecule has 0 saturated carbocycles. The van der Waals surface area contributed by atoms with Crippen LogP contribution >= 0.6 is 0 Å². The molecule has 0 aromatic heterocycles. The van der Waals surface area contributed by atoms with E-state index in [0.29, 0.717) is 12.8 Å². The van der Waals surface area contributed by atoms with Crippen LogP contribution in [0.2, 0.25) is 0 Å². The quantitative estimate of drug-likeness (QED) is 0.367. The minimum Gasteiger partial charge on any atom is -0.481 e. The first-order chi connectivity index (χ1) is 15.6. The lowest BCUT2D eigenvalue weighted by molar-refractivity contribution is -0.160. The molecule has 0 amide bonds. The number of hydrogen-bond acceptors (Lipinski definition) is 4. The average molecular weight is 491 g/mol. The number of carboxylic acids is 2. The number of rotatable bonds is 12. The Morgan fingerprint density at radius 1 is 0.765 bits per heavy atom. The summed E-state index contributed by atoms with van der Waals surface area (Å²) in [5.74, 6) is -3.43. The SMILES string of the molecule is CC(C)(Cc1ccccc1)CC(CC(C)(C)Cc1ccccc1)(C(=O)O)C(C(=O)O)S(=O)(=O)O. The lowest BCUT2D eigenvalue weighted by Gasteiger charge is -2.43. The summed E-state index contributed by atoms with van der Waals surface area (Å²) in [7, 11) is -5.24. The topological polar surface area (TPSA) is 129 Å². The first-order valence-electron chi connectivity index (χ1n) is 11.1. The van der Waals surface area contributed by atoms with Gasteiger partial charge in [-0.3, -0.25) is 14.1 Å². The molecule has 0 radical (unpaired) electrons. The molecule has 0 aliphatic carbocycles. The van der Waals surface area contributed by atoms with Gasteiger partial charge in [0.1, 0.15) is 0 Å². The van der Waals surface area contributed by atoms with Crippen molar-refractivity contribution in [3.8, 4) is 0 Å². The molecular formula is C26H34O7S. The van der Waals surface area contributed by atoms with E-state index in [-0.39, 0.29) is 12.8 Å². The van der Waals surface area contributed by atoms with Crippen LogP contribution in [-0.4, -0.2) is 40.4 Å². The fraction of sp³-hybridized carbons (Fsp3) is 0.462. The molecule has 186 valence electrons. The largest absolute Gasteiger partial charge is 0.481 e. The van der Waals surface area contributed by atoms with Gasteiger partial charge in [0.15, 0.2) is 5.25 Å². The zero-order chi connectivity index (χ0) is 25.8. The van der Waals surface area contributed by atoms with Gasteiger partial charge < -0.3 is 10.2 Å². The summed E-state index contributed by atoms with van der Waals surface area (Å²) in [6.45, 7) is 7.13. The van der Waals surface area contributed by atoms with Gasteiger partial charge in [-0.25, -0.2) is 0 Å². The molecule has 2 rings (SSSR count). The normalized spacial score (nSPS) is 13.9. The highest BCUT2D eigenvalue weighted by atomic mass is 32.2. The summed E-state index contributed by atoms with van der Waals surface area (Å²) in [6.07, 6.45) is 0.276. The molecule has 0 saturated heterocycles. The van der Waals surface area contributed by atoms with E-state index in [4.69, 9.17) is 0 Å². The lowest BCUT2D eigenvalue weighted by atomic mass is 9.61. The molecule has 2 aromatic carbocycles. The Hall–Kier alpha value is -2.71. The monoisotopic (exact) mass is 490 g/mol. The second-order valence-electron chi connectivity index (χ2n) is 10.7. The average Bonchev–Trinajstić information content (AvgIpc) is 2.66. The van der Waals surface area contributed by atoms with Gasteiger partial charge in [0.2, 0.25) is 0 Å². The third kappa shape index (κ3) is 7.14. The highest BCUT2D eigenvalue weighted by molar-refractivity contribution is 7.87. The van der Waals surface area contributed by atoms with Crippen molar-refractivity contribution in [1.82, 2.24) is 0 Å². The van der Waals surface area contributed by atoms with Crippen LogP contribution in [0.4, 0.5) is 0 Å². The number of aliphatic carboxylic acids is 2. The lowest BCUT2D eigenvalue weighted by Crippen LogP contribution is -2.55. The third-order valence-electron chi connectivity index (χ3n) is 6.09. The molecule has 7 nitrogen and oxygen atoms in total. The van der Waals surface area contributed by atoms with Crippen molar-refractivity contribution in [2.75, 3.05) is 0 Å². The number of hydrogen-bond donors (Lipinski definition) is 3. The van der Waals surface area contributed by atoms with Crippen molar-refractivity contribution < 1.29 is 32.8 Å². The Kier molecular flexibility index (Phi) is 8.32. The van der Waals surface area contributed by atoms with E-state index < -0.39 is 43.6 Å². The van der Waals surface area contributed by atoms with Crippen LogP contribution in [-0.2, 0) is 32.5 Å². The molecular weight excluding hydrogens is 456 g/mol. The Bertz CT molecular complexity index is 1030. The van der Waals surface area contributed by atoms with Crippen molar-refractivity contribution in [1.29, 1.82) is 0 Å². The maximum Gasteiger partial charge on any atom is 0.325 e. The van der Waals surface area contributed by atoms with Crippen LogP contribution in [0.15, 0.2) is 60.7 Å². The van der Waals surface area contributed by atoms with E-state index in [1.807, 2.05) is 60.7 Å². The second kappa shape index (κ2) is 10.3. The van der Waals surface area contributed by atoms with Crippen LogP contribution in [0.3, 0.4) is 0 Å². The first-order valence-corrected chi connectivity index (χ1v) is 12.6. The molecule has 0 aliphatic heterocycles. The van der Waals surface area contributed by atoms with Crippen LogP contribution < -0.4 is 0 Å². The van der Waals surface area contributed by atoms with Gasteiger partial charge >= 0.3 is 11.9 Å². The van der Waals surface area contributed by atoms with Crippen molar-refractivity contribution in [2.24, 2.45) is 16.2 Å². The molecule has 1 atom stereocenters. The highest BCUT2D eigenvalue weighted by Crippen LogP contribution is 2.49. The van der Waals surface area contributed by atoms with E-state index >= 15 is 0 Å². The van der Waals surface area contributed by atoms with Crippen molar-refractivity contribution >= 4 is 22.1 Å². The van der Waals surface area contributed by atoms with Gasteiger partial charge in [0, 0.05) is 0 Å². The van der Waals surface area contributed by atoms with Gasteiger partial charge in [-0.05, 0) is 47.6 Å². The van der Waals surface area contributed by atoms with Gasteiger partial charge in [0.05, 0.1) is 5.41 Å². The van der Waals surface area contributed by atoms with Crippen LogP contribution in [0.5, 0.6) is 0 Å². The zero-order valence-corrected chi connectivity index (χ0v) is 20.9. The van der Waals surface area contributed by atoms with E-state index in [2.05, 4.69) is 0 Å². The Morgan fingerprint density at radius 3 is 1.38 bits per heavy atom. The van der Waals surface area contributed by atoms with Crippen molar-refractivity contribution in [3.05, 3.63) is 71.8 Å². The van der Waals surface area contributed by atoms with Crippen molar-refractivity contribution in [2.45, 2.75) is 58.6 Å². The van der Waals surface area contributed by atoms with Crippen molar-refractivity contribution in [3.63, 3.8) is 0 Å². The Balaban J connectivity index is 2.59. The van der Waals surface area contributed by atoms with E-state index in [1.165, 1.54) is 0 Å². The van der Waals surface area contributed by atoms with Crippen LogP contribution in [0.1, 0.15) is 51.7 Å². The molecule has 0 bridgehead atoms. The van der Waals surface area contributed by atoms with E-state index in [0.717, 1.165) is 11.1 Å². The standard InChI is InChI=1S/C26H34O7S/c1-24(2,15-19-11-7-5-8-12-19)17-26(23(29)30,21(22(27)28)34(31,32)33)18-25(3,4)16-20-13-9-6-10-14-20/h5-14,21H,15-18H2,1-4H3,(H,27,28)(H,29,30)(H,31,32,33). The smallest absolute Gasteiger partial charge is 0.325 e. The van der Waals surface area contributed by atoms with Crippen LogP contribution in [0.25, 0.3) is 0 Å². The predicted octanol–water partition coefficient (Wildman–Crippen LogP) is 4.72. The number of benzene rings is 2. The minimum absolute atomic E-state index is 0.265. The van der Waals surface area contributed by atoms with E-state index in [9.17, 15) is 32.8 Å². The third-order valence-corrected chi connectivity index (χ3v) is 7.34. The Morgan fingerprint density at radius 2 is 1.12 bits per heavy atom. The molecule has 34 heavy (non-hydrogen) atoms. The molecule has 0 aliphatic rings. The molecule has 3 N–H and O–H groups in total. The summed E-state index contributed by atoms with van der Waals surface area (Å²) in [6, 6.07) is 18.6. The second-order valence-corrected chi connectivity index (χ2v) is 12.2. The molecule has 0 spiro atoms. The fourth-order valence-corrected chi connectivity index (χ4v) is 6.38. The molecule has 1 unspecified atom stereocenters.